The number of unbranched alkanes of at least 4 members (excludes halogenated alkanes) is 1. The zero-order valence-corrected chi connectivity index (χ0v) is 13.1. The molecule has 0 fully saturated rings. The van der Waals surface area contributed by atoms with Crippen molar-refractivity contribution in [2.24, 2.45) is 0 Å². The van der Waals surface area contributed by atoms with Crippen LogP contribution in [0.25, 0.3) is 0 Å². The van der Waals surface area contributed by atoms with Crippen LogP contribution in [0.2, 0.25) is 0 Å². The Morgan fingerprint density at radius 3 is 2.48 bits per heavy atom. The lowest BCUT2D eigenvalue weighted by Gasteiger charge is -2.07. The molecule has 1 amide bonds. The minimum absolute atomic E-state index is 0.0191. The molecule has 2 aromatic carbocycles. The van der Waals surface area contributed by atoms with Gasteiger partial charge in [-0.05, 0) is 30.5 Å². The molecule has 2 rings (SSSR count). The van der Waals surface area contributed by atoms with Gasteiger partial charge in [0.1, 0.15) is 0 Å². The van der Waals surface area contributed by atoms with Crippen molar-refractivity contribution in [3.63, 3.8) is 0 Å². The average Bonchev–Trinajstić information content (AvgIpc) is 2.54. The zero-order valence-electron chi connectivity index (χ0n) is 13.1. The van der Waals surface area contributed by atoms with Gasteiger partial charge in [-0.15, -0.1) is 0 Å². The van der Waals surface area contributed by atoms with Gasteiger partial charge >= 0.3 is 0 Å². The number of carbonyl (C=O) groups excluding carboxylic acids is 1. The molecule has 0 aromatic heterocycles. The second kappa shape index (κ2) is 8.08. The van der Waals surface area contributed by atoms with Crippen LogP contribution in [0.4, 0.5) is 11.4 Å². The van der Waals surface area contributed by atoms with Gasteiger partial charge in [0.2, 0.25) is 5.91 Å². The topological polar surface area (TPSA) is 72.2 Å². The lowest BCUT2D eigenvalue weighted by Crippen LogP contribution is -2.15. The van der Waals surface area contributed by atoms with E-state index in [9.17, 15) is 14.9 Å². The highest BCUT2D eigenvalue weighted by atomic mass is 16.6. The summed E-state index contributed by atoms with van der Waals surface area (Å²) in [5, 5.41) is 13.7. The Morgan fingerprint density at radius 2 is 1.83 bits per heavy atom. The maximum atomic E-state index is 12.1. The highest BCUT2D eigenvalue weighted by molar-refractivity contribution is 5.92. The van der Waals surface area contributed by atoms with E-state index in [4.69, 9.17) is 0 Å². The zero-order chi connectivity index (χ0) is 16.7. The first-order chi connectivity index (χ1) is 11.1. The highest BCUT2D eigenvalue weighted by Gasteiger charge is 2.15. The summed E-state index contributed by atoms with van der Waals surface area (Å²) in [4.78, 5) is 22.6. The number of amides is 1. The van der Waals surface area contributed by atoms with Crippen molar-refractivity contribution in [2.75, 3.05) is 5.32 Å². The van der Waals surface area contributed by atoms with E-state index in [1.54, 1.807) is 18.2 Å². The smallest absolute Gasteiger partial charge is 0.273 e. The fraction of sp³-hybridized carbons (Fsp3) is 0.278. The molecule has 0 atom stereocenters. The third-order valence-electron chi connectivity index (χ3n) is 3.60. The molecule has 0 saturated heterocycles. The Bertz CT molecular complexity index is 681. The van der Waals surface area contributed by atoms with Gasteiger partial charge in [-0.1, -0.05) is 43.7 Å². The van der Waals surface area contributed by atoms with E-state index >= 15 is 0 Å². The molecule has 0 aliphatic rings. The summed E-state index contributed by atoms with van der Waals surface area (Å²) in [6, 6.07) is 14.0. The molecule has 0 saturated carbocycles. The molecule has 0 aliphatic carbocycles. The first-order valence-electron chi connectivity index (χ1n) is 7.71. The van der Waals surface area contributed by atoms with Crippen LogP contribution in [0, 0.1) is 10.1 Å². The number of anilines is 1. The number of hydrogen-bond donors (Lipinski definition) is 1. The second-order valence-corrected chi connectivity index (χ2v) is 5.41. The van der Waals surface area contributed by atoms with Gasteiger partial charge in [-0.2, -0.15) is 0 Å². The maximum Gasteiger partial charge on any atom is 0.273 e. The summed E-state index contributed by atoms with van der Waals surface area (Å²) in [7, 11) is 0. The second-order valence-electron chi connectivity index (χ2n) is 5.41. The number of hydrogen-bond acceptors (Lipinski definition) is 3. The minimum Gasteiger partial charge on any atom is -0.326 e. The van der Waals surface area contributed by atoms with Crippen LogP contribution in [0.15, 0.2) is 48.5 Å². The predicted molar refractivity (Wildman–Crippen MR) is 90.5 cm³/mol. The van der Waals surface area contributed by atoms with Crippen LogP contribution in [-0.2, 0) is 17.6 Å². The van der Waals surface area contributed by atoms with Crippen LogP contribution in [0.3, 0.4) is 0 Å². The van der Waals surface area contributed by atoms with Gasteiger partial charge in [-0.25, -0.2) is 0 Å². The van der Waals surface area contributed by atoms with Crippen molar-refractivity contribution in [1.82, 2.24) is 0 Å². The Morgan fingerprint density at radius 1 is 1.13 bits per heavy atom. The summed E-state index contributed by atoms with van der Waals surface area (Å²) in [5.41, 5.74) is 2.32. The quantitative estimate of drug-likeness (QED) is 0.617. The third kappa shape index (κ3) is 4.92. The number of nitro groups is 1. The van der Waals surface area contributed by atoms with Crippen LogP contribution in [0.1, 0.15) is 30.9 Å². The Labute approximate surface area is 135 Å². The summed E-state index contributed by atoms with van der Waals surface area (Å²) < 4.78 is 0. The van der Waals surface area contributed by atoms with Crippen molar-refractivity contribution in [1.29, 1.82) is 0 Å². The monoisotopic (exact) mass is 312 g/mol. The third-order valence-corrected chi connectivity index (χ3v) is 3.60. The van der Waals surface area contributed by atoms with Gasteiger partial charge in [-0.3, -0.25) is 14.9 Å². The lowest BCUT2D eigenvalue weighted by molar-refractivity contribution is -0.385. The molecule has 5 heteroatoms. The van der Waals surface area contributed by atoms with Gasteiger partial charge in [0.15, 0.2) is 0 Å². The fourth-order valence-corrected chi connectivity index (χ4v) is 2.35. The number of carbonyl (C=O) groups is 1. The van der Waals surface area contributed by atoms with Crippen LogP contribution in [-0.4, -0.2) is 10.8 Å². The van der Waals surface area contributed by atoms with E-state index in [-0.39, 0.29) is 18.0 Å². The standard InChI is InChI=1S/C18H20N2O3/c1-2-3-6-14-9-11-16(12-10-14)19-18(21)13-15-7-4-5-8-17(15)20(22)23/h4-5,7-12H,2-3,6,13H2,1H3,(H,19,21). The number of nitro benzene ring substituents is 1. The molecule has 5 nitrogen and oxygen atoms in total. The lowest BCUT2D eigenvalue weighted by atomic mass is 10.1. The van der Waals surface area contributed by atoms with Gasteiger partial charge < -0.3 is 5.32 Å². The molecule has 1 N–H and O–H groups in total. The number of aryl methyl sites for hydroxylation is 1. The number of rotatable bonds is 7. The Hall–Kier alpha value is -2.69. The number of nitrogens with one attached hydrogen (secondary N) is 1. The minimum atomic E-state index is -0.467. The van der Waals surface area contributed by atoms with E-state index in [1.807, 2.05) is 24.3 Å². The summed E-state index contributed by atoms with van der Waals surface area (Å²) in [5.74, 6) is -0.263. The largest absolute Gasteiger partial charge is 0.326 e. The fourth-order valence-electron chi connectivity index (χ4n) is 2.35. The van der Waals surface area contributed by atoms with E-state index in [2.05, 4.69) is 12.2 Å². The van der Waals surface area contributed by atoms with E-state index in [0.29, 0.717) is 11.3 Å². The molecule has 120 valence electrons. The number of benzene rings is 2. The highest BCUT2D eigenvalue weighted by Crippen LogP contribution is 2.19. The van der Waals surface area contributed by atoms with Gasteiger partial charge in [0.05, 0.1) is 11.3 Å². The van der Waals surface area contributed by atoms with E-state index < -0.39 is 4.92 Å². The number of para-hydroxylation sites is 1. The maximum absolute atomic E-state index is 12.1. The van der Waals surface area contributed by atoms with Gasteiger partial charge in [0, 0.05) is 17.3 Å². The van der Waals surface area contributed by atoms with Crippen LogP contribution >= 0.6 is 0 Å². The SMILES string of the molecule is CCCCc1ccc(NC(=O)Cc2ccccc2[N+](=O)[O-])cc1. The van der Waals surface area contributed by atoms with E-state index in [1.165, 1.54) is 11.6 Å². The van der Waals surface area contributed by atoms with Crippen LogP contribution in [0.5, 0.6) is 0 Å². The number of nitrogens with zero attached hydrogens (tertiary/aromatic N) is 1. The molecular formula is C18H20N2O3. The normalized spacial score (nSPS) is 10.3. The molecule has 0 spiro atoms. The molecule has 0 aliphatic heterocycles. The summed E-state index contributed by atoms with van der Waals surface area (Å²) in [6.07, 6.45) is 3.30. The first kappa shape index (κ1) is 16.7. The molecule has 0 bridgehead atoms. The molecule has 0 heterocycles. The molecule has 0 radical (unpaired) electrons. The predicted octanol–water partition coefficient (Wildman–Crippen LogP) is 4.12. The van der Waals surface area contributed by atoms with Crippen LogP contribution < -0.4 is 5.32 Å². The molecule has 0 unspecified atom stereocenters. The van der Waals surface area contributed by atoms with Crippen molar-refractivity contribution in [3.8, 4) is 0 Å². The summed E-state index contributed by atoms with van der Waals surface area (Å²) in [6.45, 7) is 2.15. The first-order valence-corrected chi connectivity index (χ1v) is 7.71. The molecular weight excluding hydrogens is 292 g/mol. The molecule has 23 heavy (non-hydrogen) atoms. The van der Waals surface area contributed by atoms with Crippen molar-refractivity contribution < 1.29 is 9.72 Å². The summed E-state index contributed by atoms with van der Waals surface area (Å²) >= 11 is 0. The van der Waals surface area contributed by atoms with Crippen molar-refractivity contribution >= 4 is 17.3 Å². The van der Waals surface area contributed by atoms with Gasteiger partial charge in [0.25, 0.3) is 5.69 Å². The molecule has 2 aromatic rings. The van der Waals surface area contributed by atoms with Crippen molar-refractivity contribution in [3.05, 3.63) is 69.8 Å². The Balaban J connectivity index is 1.98. The van der Waals surface area contributed by atoms with E-state index in [0.717, 1.165) is 19.3 Å². The Kier molecular flexibility index (Phi) is 5.86. The van der Waals surface area contributed by atoms with Crippen molar-refractivity contribution in [2.45, 2.75) is 32.6 Å². The average molecular weight is 312 g/mol.